The second-order valence-corrected chi connectivity index (χ2v) is 2.63. The van der Waals surface area contributed by atoms with Crippen LogP contribution in [0.25, 0.3) is 0 Å². The van der Waals surface area contributed by atoms with E-state index < -0.39 is 0 Å². The van der Waals surface area contributed by atoms with E-state index in [1.165, 1.54) is 0 Å². The Bertz CT molecular complexity index is 300. The number of carbonyl (C=O) groups excluding carboxylic acids is 2. The summed E-state index contributed by atoms with van der Waals surface area (Å²) in [6, 6.07) is 3.63. The van der Waals surface area contributed by atoms with E-state index in [0.717, 1.165) is 5.56 Å². The molecule has 0 aromatic carbocycles. The molecule has 1 aromatic rings. The minimum Gasteiger partial charge on any atom is -0.350 e. The van der Waals surface area contributed by atoms with E-state index in [1.807, 2.05) is 12.1 Å². The lowest BCUT2D eigenvalue weighted by molar-refractivity contribution is -0.122. The molecule has 0 atom stereocenters. The largest absolute Gasteiger partial charge is 0.350 e. The van der Waals surface area contributed by atoms with Crippen LogP contribution in [0.2, 0.25) is 0 Å². The van der Waals surface area contributed by atoms with Crippen LogP contribution in [0.3, 0.4) is 0 Å². The number of hydrogen-bond donors (Lipinski definition) is 2. The number of amides is 2. The molecule has 0 fully saturated rings. The lowest BCUT2D eigenvalue weighted by atomic mass is 10.3. The highest BCUT2D eigenvalue weighted by Crippen LogP contribution is 1.93. The summed E-state index contributed by atoms with van der Waals surface area (Å²) < 4.78 is 0. The highest BCUT2D eigenvalue weighted by atomic mass is 16.2. The second kappa shape index (κ2) is 5.69. The van der Waals surface area contributed by atoms with Gasteiger partial charge in [-0.1, -0.05) is 0 Å². The van der Waals surface area contributed by atoms with Crippen LogP contribution in [-0.4, -0.2) is 23.8 Å². The zero-order chi connectivity index (χ0) is 10.2. The van der Waals surface area contributed by atoms with E-state index in [2.05, 4.69) is 15.6 Å². The van der Waals surface area contributed by atoms with Gasteiger partial charge in [0.1, 0.15) is 0 Å². The Morgan fingerprint density at radius 1 is 1.43 bits per heavy atom. The first kappa shape index (κ1) is 10.2. The summed E-state index contributed by atoms with van der Waals surface area (Å²) in [4.78, 5) is 24.8. The number of rotatable bonds is 5. The molecule has 0 unspecified atom stereocenters. The van der Waals surface area contributed by atoms with Gasteiger partial charge >= 0.3 is 0 Å². The molecule has 0 bridgehead atoms. The molecule has 2 N–H and O–H groups in total. The summed E-state index contributed by atoms with van der Waals surface area (Å²) in [5.74, 6) is -0.214. The highest BCUT2D eigenvalue weighted by Gasteiger charge is 1.98. The molecular formula is C9H11N3O2. The number of nitrogens with zero attached hydrogens (tertiary/aromatic N) is 1. The molecule has 1 aromatic heterocycles. The molecule has 74 valence electrons. The van der Waals surface area contributed by atoms with Crippen molar-refractivity contribution in [3.05, 3.63) is 30.1 Å². The molecule has 2 amide bonds. The van der Waals surface area contributed by atoms with Crippen molar-refractivity contribution in [2.75, 3.05) is 6.54 Å². The quantitative estimate of drug-likeness (QED) is 0.616. The van der Waals surface area contributed by atoms with Crippen LogP contribution in [-0.2, 0) is 16.1 Å². The molecule has 0 aliphatic carbocycles. The third-order valence-electron chi connectivity index (χ3n) is 1.58. The smallest absolute Gasteiger partial charge is 0.239 e. The Morgan fingerprint density at radius 2 is 2.14 bits per heavy atom. The van der Waals surface area contributed by atoms with Crippen LogP contribution < -0.4 is 10.6 Å². The molecule has 0 aliphatic heterocycles. The average Bonchev–Trinajstić information content (AvgIpc) is 2.25. The summed E-state index contributed by atoms with van der Waals surface area (Å²) in [5, 5.41) is 4.92. The molecule has 0 aliphatic rings. The Labute approximate surface area is 81.5 Å². The number of aromatic nitrogens is 1. The van der Waals surface area contributed by atoms with Gasteiger partial charge in [-0.3, -0.25) is 14.6 Å². The van der Waals surface area contributed by atoms with Crippen molar-refractivity contribution < 1.29 is 9.59 Å². The fourth-order valence-corrected chi connectivity index (χ4v) is 0.898. The van der Waals surface area contributed by atoms with Gasteiger partial charge < -0.3 is 10.6 Å². The number of nitrogens with one attached hydrogen (secondary N) is 2. The van der Waals surface area contributed by atoms with Crippen LogP contribution in [0.1, 0.15) is 5.56 Å². The van der Waals surface area contributed by atoms with Crippen molar-refractivity contribution in [3.8, 4) is 0 Å². The van der Waals surface area contributed by atoms with Crippen molar-refractivity contribution in [3.63, 3.8) is 0 Å². The monoisotopic (exact) mass is 193 g/mol. The number of carbonyl (C=O) groups is 2. The predicted octanol–water partition coefficient (Wildman–Crippen LogP) is -0.556. The summed E-state index contributed by atoms with van der Waals surface area (Å²) in [5.41, 5.74) is 0.972. The fraction of sp³-hybridized carbons (Fsp3) is 0.222. The van der Waals surface area contributed by atoms with E-state index in [0.29, 0.717) is 13.0 Å². The van der Waals surface area contributed by atoms with Gasteiger partial charge in [-0.2, -0.15) is 0 Å². The summed E-state index contributed by atoms with van der Waals surface area (Å²) in [6.45, 7) is 0.455. The van der Waals surface area contributed by atoms with Gasteiger partial charge in [0.25, 0.3) is 0 Å². The maximum Gasteiger partial charge on any atom is 0.239 e. The molecule has 14 heavy (non-hydrogen) atoms. The van der Waals surface area contributed by atoms with Crippen molar-refractivity contribution in [2.24, 2.45) is 0 Å². The molecule has 0 spiro atoms. The van der Waals surface area contributed by atoms with Crippen molar-refractivity contribution >= 4 is 12.3 Å². The standard InChI is InChI=1S/C9H11N3O2/c13-7-11-6-9(14)12-5-8-1-3-10-4-2-8/h1-4,7H,5-6H2,(H,11,13)(H,12,14). The van der Waals surface area contributed by atoms with E-state index in [-0.39, 0.29) is 12.5 Å². The molecule has 0 saturated carbocycles. The minimum absolute atomic E-state index is 0.00852. The highest BCUT2D eigenvalue weighted by molar-refractivity contribution is 5.79. The molecule has 5 nitrogen and oxygen atoms in total. The van der Waals surface area contributed by atoms with Crippen LogP contribution in [0.15, 0.2) is 24.5 Å². The van der Waals surface area contributed by atoms with Crippen LogP contribution in [0.4, 0.5) is 0 Å². The minimum atomic E-state index is -0.214. The lowest BCUT2D eigenvalue weighted by Crippen LogP contribution is -2.32. The first-order chi connectivity index (χ1) is 6.83. The maximum atomic E-state index is 11.0. The van der Waals surface area contributed by atoms with E-state index >= 15 is 0 Å². The topological polar surface area (TPSA) is 71.1 Å². The lowest BCUT2D eigenvalue weighted by Gasteiger charge is -2.03. The third-order valence-corrected chi connectivity index (χ3v) is 1.58. The van der Waals surface area contributed by atoms with E-state index in [9.17, 15) is 9.59 Å². The van der Waals surface area contributed by atoms with Crippen molar-refractivity contribution in [2.45, 2.75) is 6.54 Å². The molecular weight excluding hydrogens is 182 g/mol. The molecule has 1 rings (SSSR count). The Hall–Kier alpha value is -1.91. The molecule has 5 heteroatoms. The van der Waals surface area contributed by atoms with E-state index in [1.54, 1.807) is 12.4 Å². The average molecular weight is 193 g/mol. The predicted molar refractivity (Wildman–Crippen MR) is 50.2 cm³/mol. The van der Waals surface area contributed by atoms with Crippen LogP contribution in [0.5, 0.6) is 0 Å². The summed E-state index contributed by atoms with van der Waals surface area (Å²) in [7, 11) is 0. The van der Waals surface area contributed by atoms with Crippen molar-refractivity contribution in [1.29, 1.82) is 0 Å². The fourth-order valence-electron chi connectivity index (χ4n) is 0.898. The van der Waals surface area contributed by atoms with Gasteiger partial charge in [0, 0.05) is 18.9 Å². The van der Waals surface area contributed by atoms with Gasteiger partial charge in [0.15, 0.2) is 0 Å². The Kier molecular flexibility index (Phi) is 4.13. The zero-order valence-electron chi connectivity index (χ0n) is 7.56. The third kappa shape index (κ3) is 3.66. The molecule has 1 heterocycles. The number of pyridine rings is 1. The first-order valence-electron chi connectivity index (χ1n) is 4.15. The van der Waals surface area contributed by atoms with E-state index in [4.69, 9.17) is 0 Å². The van der Waals surface area contributed by atoms with Crippen LogP contribution >= 0.6 is 0 Å². The van der Waals surface area contributed by atoms with Gasteiger partial charge in [-0.25, -0.2) is 0 Å². The van der Waals surface area contributed by atoms with Gasteiger partial charge in [0.2, 0.25) is 12.3 Å². The Balaban J connectivity index is 2.27. The molecule has 0 radical (unpaired) electrons. The van der Waals surface area contributed by atoms with Gasteiger partial charge in [-0.05, 0) is 17.7 Å². The number of hydrogen-bond acceptors (Lipinski definition) is 3. The Morgan fingerprint density at radius 3 is 2.79 bits per heavy atom. The summed E-state index contributed by atoms with van der Waals surface area (Å²) in [6.07, 6.45) is 3.81. The first-order valence-corrected chi connectivity index (χ1v) is 4.15. The maximum absolute atomic E-state index is 11.0. The molecule has 0 saturated heterocycles. The second-order valence-electron chi connectivity index (χ2n) is 2.63. The normalized spacial score (nSPS) is 9.14. The van der Waals surface area contributed by atoms with Gasteiger partial charge in [0.05, 0.1) is 6.54 Å². The van der Waals surface area contributed by atoms with Crippen LogP contribution in [0, 0.1) is 0 Å². The SMILES string of the molecule is O=CNCC(=O)NCc1ccncc1. The van der Waals surface area contributed by atoms with Gasteiger partial charge in [-0.15, -0.1) is 0 Å². The van der Waals surface area contributed by atoms with Crippen molar-refractivity contribution in [1.82, 2.24) is 15.6 Å². The summed E-state index contributed by atoms with van der Waals surface area (Å²) >= 11 is 0. The zero-order valence-corrected chi connectivity index (χ0v) is 7.56.